The summed E-state index contributed by atoms with van der Waals surface area (Å²) in [7, 11) is -2.53. The normalized spacial score (nSPS) is 13.8. The van der Waals surface area contributed by atoms with E-state index in [9.17, 15) is 14.3 Å². The van der Waals surface area contributed by atoms with Gasteiger partial charge in [-0.15, -0.1) is 5.43 Å². The van der Waals surface area contributed by atoms with Crippen LogP contribution in [0.1, 0.15) is 20.8 Å². The van der Waals surface area contributed by atoms with Gasteiger partial charge < -0.3 is 13.8 Å². The van der Waals surface area contributed by atoms with Crippen LogP contribution in [0.15, 0.2) is 54.6 Å². The second kappa shape index (κ2) is 10.0. The summed E-state index contributed by atoms with van der Waals surface area (Å²) in [5, 5.41) is 2.60. The van der Waals surface area contributed by atoms with Crippen LogP contribution < -0.4 is 19.6 Å². The molecule has 2 N–H and O–H groups in total. The van der Waals surface area contributed by atoms with Crippen molar-refractivity contribution >= 4 is 19.4 Å². The van der Waals surface area contributed by atoms with Gasteiger partial charge in [-0.1, -0.05) is 18.2 Å². The smallest absolute Gasteiger partial charge is 0.462 e. The van der Waals surface area contributed by atoms with Gasteiger partial charge in [-0.25, -0.2) is 4.57 Å². The Kier molecular flexibility index (Phi) is 7.75. The van der Waals surface area contributed by atoms with Gasteiger partial charge >= 0.3 is 13.7 Å². The van der Waals surface area contributed by atoms with Crippen molar-refractivity contribution in [3.63, 3.8) is 0 Å². The number of ether oxygens (including phenoxy) is 1. The lowest BCUT2D eigenvalue weighted by molar-refractivity contribution is -0.522. The first kappa shape index (κ1) is 22.4. The van der Waals surface area contributed by atoms with E-state index < -0.39 is 19.8 Å². The molecule has 0 saturated heterocycles. The third-order valence-electron chi connectivity index (χ3n) is 3.53. The first-order valence-electron chi connectivity index (χ1n) is 8.99. The number of nitrogens with zero attached hydrogens (tertiary/aromatic N) is 1. The Bertz CT molecular complexity index is 873. The lowest BCUT2D eigenvalue weighted by Gasteiger charge is -2.23. The van der Waals surface area contributed by atoms with Crippen molar-refractivity contribution < 1.29 is 28.0 Å². The van der Waals surface area contributed by atoms with Crippen LogP contribution in [0.5, 0.6) is 11.5 Å². The zero-order valence-corrected chi connectivity index (χ0v) is 17.6. The number of carbonyl (C=O) groups is 1. The van der Waals surface area contributed by atoms with Gasteiger partial charge in [-0.2, -0.15) is 5.09 Å². The molecule has 0 saturated carbocycles. The van der Waals surface area contributed by atoms with E-state index in [0.717, 1.165) is 0 Å². The predicted octanol–water partition coefficient (Wildman–Crippen LogP) is 3.73. The molecule has 0 spiro atoms. The molecule has 2 unspecified atom stereocenters. The van der Waals surface area contributed by atoms with Crippen molar-refractivity contribution in [1.29, 1.82) is 0 Å². The second-order valence-electron chi connectivity index (χ2n) is 6.34. The first-order valence-corrected chi connectivity index (χ1v) is 10.5. The minimum Gasteiger partial charge on any atom is -0.462 e. The summed E-state index contributed by atoms with van der Waals surface area (Å²) in [6.45, 7) is 4.93. The molecule has 0 aromatic heterocycles. The molecule has 0 fully saturated rings. The van der Waals surface area contributed by atoms with E-state index >= 15 is 0 Å². The molecule has 0 aliphatic rings. The van der Waals surface area contributed by atoms with Crippen molar-refractivity contribution in [3.8, 4) is 11.5 Å². The van der Waals surface area contributed by atoms with Crippen LogP contribution in [0.3, 0.4) is 0 Å². The average molecular weight is 422 g/mol. The number of carbonyl (C=O) groups excluding carboxylic acids is 1. The number of esters is 1. The molecular weight excluding hydrogens is 397 g/mol. The zero-order valence-electron chi connectivity index (χ0n) is 16.7. The monoisotopic (exact) mass is 422 g/mol. The van der Waals surface area contributed by atoms with Gasteiger partial charge in [0.15, 0.2) is 4.87 Å². The zero-order chi connectivity index (χ0) is 21.4. The molecule has 2 aromatic rings. The SMILES string of the molecule is CN[N+](=O)c1ccc(OP(=O)(NC(C)C(=O)OC(C)C)Oc2ccccc2)cc1. The fourth-order valence-corrected chi connectivity index (χ4v) is 3.75. The summed E-state index contributed by atoms with van der Waals surface area (Å²) in [4.78, 5) is 24.3. The summed E-state index contributed by atoms with van der Waals surface area (Å²) in [5.41, 5.74) is 2.76. The Balaban J connectivity index is 2.23. The van der Waals surface area contributed by atoms with Crippen molar-refractivity contribution in [2.45, 2.75) is 32.9 Å². The van der Waals surface area contributed by atoms with Crippen molar-refractivity contribution in [3.05, 3.63) is 59.5 Å². The minimum absolute atomic E-state index is 0.189. The summed E-state index contributed by atoms with van der Waals surface area (Å²) in [5.74, 6) is -0.105. The highest BCUT2D eigenvalue weighted by Gasteiger charge is 2.34. The quantitative estimate of drug-likeness (QED) is 0.258. The molecular formula is C19H25N3O6P+. The molecule has 0 aliphatic heterocycles. The van der Waals surface area contributed by atoms with Gasteiger partial charge in [0.1, 0.15) is 17.5 Å². The molecule has 156 valence electrons. The molecule has 0 aliphatic carbocycles. The van der Waals surface area contributed by atoms with Crippen LogP contribution in [0.2, 0.25) is 0 Å². The number of hydrogen-bond donors (Lipinski definition) is 2. The van der Waals surface area contributed by atoms with Crippen LogP contribution in [-0.4, -0.2) is 30.0 Å². The lowest BCUT2D eigenvalue weighted by Crippen LogP contribution is -2.36. The Morgan fingerprint density at radius 1 is 0.966 bits per heavy atom. The van der Waals surface area contributed by atoms with E-state index in [1.54, 1.807) is 44.2 Å². The summed E-state index contributed by atoms with van der Waals surface area (Å²) >= 11 is 0. The Morgan fingerprint density at radius 2 is 1.52 bits per heavy atom. The Hall–Kier alpha value is -2.90. The number of hydrogen-bond acceptors (Lipinski definition) is 6. The fraction of sp³-hybridized carbons (Fsp3) is 0.316. The molecule has 9 nitrogen and oxygen atoms in total. The lowest BCUT2D eigenvalue weighted by atomic mass is 10.3. The molecule has 29 heavy (non-hydrogen) atoms. The number of hydrazine groups is 1. The molecule has 10 heteroatoms. The largest absolute Gasteiger partial charge is 0.513 e. The van der Waals surface area contributed by atoms with Crippen LogP contribution >= 0.6 is 7.75 Å². The van der Waals surface area contributed by atoms with Crippen LogP contribution in [-0.2, 0) is 14.1 Å². The number of nitrogens with one attached hydrogen (secondary N) is 2. The molecule has 0 heterocycles. The van der Waals surface area contributed by atoms with Crippen molar-refractivity contribution in [2.75, 3.05) is 7.05 Å². The third kappa shape index (κ3) is 6.89. The molecule has 0 radical (unpaired) electrons. The maximum Gasteiger partial charge on any atom is 0.513 e. The maximum atomic E-state index is 13.4. The Morgan fingerprint density at radius 3 is 2.03 bits per heavy atom. The third-order valence-corrected chi connectivity index (χ3v) is 5.13. The first-order chi connectivity index (χ1) is 13.7. The summed E-state index contributed by atoms with van der Waals surface area (Å²) < 4.78 is 29.6. The Labute approximate surface area is 169 Å². The number of nitroso groups, excluding NO2 is 1. The van der Waals surface area contributed by atoms with E-state index in [4.69, 9.17) is 13.8 Å². The van der Waals surface area contributed by atoms with Crippen molar-refractivity contribution in [1.82, 2.24) is 10.5 Å². The fourth-order valence-electron chi connectivity index (χ4n) is 2.23. The predicted molar refractivity (Wildman–Crippen MR) is 108 cm³/mol. The number of benzene rings is 2. The highest BCUT2D eigenvalue weighted by molar-refractivity contribution is 7.52. The highest BCUT2D eigenvalue weighted by atomic mass is 31.2. The average Bonchev–Trinajstić information content (AvgIpc) is 2.67. The van der Waals surface area contributed by atoms with Gasteiger partial charge in [0.2, 0.25) is 0 Å². The van der Waals surface area contributed by atoms with E-state index in [-0.39, 0.29) is 11.9 Å². The number of rotatable bonds is 10. The second-order valence-corrected chi connectivity index (χ2v) is 7.96. The maximum absolute atomic E-state index is 13.4. The van der Waals surface area contributed by atoms with Gasteiger partial charge in [-0.3, -0.25) is 4.79 Å². The van der Waals surface area contributed by atoms with E-state index in [1.807, 2.05) is 0 Å². The summed E-state index contributed by atoms with van der Waals surface area (Å²) in [6, 6.07) is 13.4. The number of para-hydroxylation sites is 1. The van der Waals surface area contributed by atoms with Crippen LogP contribution in [0.4, 0.5) is 5.69 Å². The molecule has 0 bridgehead atoms. The molecule has 2 rings (SSSR count). The topological polar surface area (TPSA) is 106 Å². The van der Waals surface area contributed by atoms with Crippen LogP contribution in [0.25, 0.3) is 0 Å². The molecule has 2 atom stereocenters. The van der Waals surface area contributed by atoms with E-state index in [2.05, 4.69) is 10.5 Å². The van der Waals surface area contributed by atoms with E-state index in [0.29, 0.717) is 16.3 Å². The van der Waals surface area contributed by atoms with E-state index in [1.165, 1.54) is 38.2 Å². The van der Waals surface area contributed by atoms with Gasteiger partial charge in [0, 0.05) is 12.1 Å². The highest BCUT2D eigenvalue weighted by Crippen LogP contribution is 2.45. The minimum atomic E-state index is -4.02. The summed E-state index contributed by atoms with van der Waals surface area (Å²) in [6.07, 6.45) is -0.322. The van der Waals surface area contributed by atoms with Gasteiger partial charge in [0.25, 0.3) is 5.69 Å². The van der Waals surface area contributed by atoms with Gasteiger partial charge in [0.05, 0.1) is 18.1 Å². The molecule has 0 amide bonds. The molecule has 2 aromatic carbocycles. The van der Waals surface area contributed by atoms with Crippen molar-refractivity contribution in [2.24, 2.45) is 0 Å². The standard InChI is InChI=1S/C19H25N3O6P/c1-14(2)26-19(23)15(3)21-29(25,27-17-8-6-5-7-9-17)28-18-12-10-16(11-13-18)22(24)20-4/h5-15H,1-4H3,(H,20,24)(H,21,25)/q+1. The van der Waals surface area contributed by atoms with Crippen LogP contribution in [0, 0.1) is 4.91 Å². The van der Waals surface area contributed by atoms with Gasteiger partial charge in [-0.05, 0) is 45.0 Å².